The molecule has 0 fully saturated rings. The maximum absolute atomic E-state index is 10.8. The van der Waals surface area contributed by atoms with Crippen molar-refractivity contribution in [3.8, 4) is 0 Å². The van der Waals surface area contributed by atoms with Crippen LogP contribution in [0.1, 0.15) is 26.2 Å². The van der Waals surface area contributed by atoms with Crippen LogP contribution >= 0.6 is 0 Å². The van der Waals surface area contributed by atoms with Crippen LogP contribution in [0.3, 0.4) is 0 Å². The van der Waals surface area contributed by atoms with Gasteiger partial charge in [-0.25, -0.2) is 0 Å². The predicted octanol–water partition coefficient (Wildman–Crippen LogP) is 0.203. The summed E-state index contributed by atoms with van der Waals surface area (Å²) in [4.78, 5) is 10.8. The van der Waals surface area contributed by atoms with Crippen LogP contribution in [0.4, 0.5) is 0 Å². The average Bonchev–Trinajstić information content (AvgIpc) is 2.03. The first-order valence-corrected chi connectivity index (χ1v) is 4.40. The number of hydrogen-bond acceptors (Lipinski definition) is 3. The van der Waals surface area contributed by atoms with Crippen LogP contribution in [0.25, 0.3) is 0 Å². The Hall–Kier alpha value is -1.26. The van der Waals surface area contributed by atoms with Gasteiger partial charge in [-0.2, -0.15) is 0 Å². The minimum absolute atomic E-state index is 0.0314. The van der Waals surface area contributed by atoms with Crippen LogP contribution in [-0.4, -0.2) is 25.1 Å². The second-order valence-electron chi connectivity index (χ2n) is 2.60. The molecule has 0 saturated carbocycles. The van der Waals surface area contributed by atoms with E-state index in [1.165, 1.54) is 0 Å². The summed E-state index contributed by atoms with van der Waals surface area (Å²) in [5.74, 6) is -0.193. The number of unbranched alkanes of at least 4 members (excludes halogenated alkanes) is 1. The van der Waals surface area contributed by atoms with Gasteiger partial charge in [0.05, 0.1) is 6.61 Å². The second kappa shape index (κ2) is 7.39. The molecule has 0 heterocycles. The summed E-state index contributed by atoms with van der Waals surface area (Å²) in [7, 11) is 0. The van der Waals surface area contributed by atoms with Crippen molar-refractivity contribution >= 4 is 11.9 Å². The van der Waals surface area contributed by atoms with Crippen molar-refractivity contribution in [2.75, 3.05) is 13.2 Å². The lowest BCUT2D eigenvalue weighted by Gasteiger charge is -2.03. The molecular weight excluding hydrogens is 170 g/mol. The van der Waals surface area contributed by atoms with E-state index in [0.717, 1.165) is 12.8 Å². The van der Waals surface area contributed by atoms with Crippen molar-refractivity contribution in [1.82, 2.24) is 5.32 Å². The van der Waals surface area contributed by atoms with Crippen LogP contribution < -0.4 is 11.1 Å². The summed E-state index contributed by atoms with van der Waals surface area (Å²) in [6.07, 6.45) is 2.02. The van der Waals surface area contributed by atoms with Crippen molar-refractivity contribution in [2.45, 2.75) is 26.2 Å². The lowest BCUT2D eigenvalue weighted by atomic mass is 10.2. The highest BCUT2D eigenvalue weighted by molar-refractivity contribution is 5.74. The predicted molar refractivity (Wildman–Crippen MR) is 50.4 cm³/mol. The SMILES string of the molecule is CCOC(=O)CCCCNC(=N)N. The summed E-state index contributed by atoms with van der Waals surface area (Å²) in [6, 6.07) is 0. The minimum Gasteiger partial charge on any atom is -0.466 e. The first-order chi connectivity index (χ1) is 6.16. The van der Waals surface area contributed by atoms with Gasteiger partial charge in [0.25, 0.3) is 0 Å². The Balaban J connectivity index is 3.16. The molecule has 0 aromatic rings. The Labute approximate surface area is 78.1 Å². The van der Waals surface area contributed by atoms with E-state index >= 15 is 0 Å². The van der Waals surface area contributed by atoms with Crippen molar-refractivity contribution < 1.29 is 9.53 Å². The minimum atomic E-state index is -0.162. The summed E-state index contributed by atoms with van der Waals surface area (Å²) in [6.45, 7) is 2.86. The lowest BCUT2D eigenvalue weighted by Crippen LogP contribution is -2.30. The molecule has 0 unspecified atom stereocenters. The number of carbonyl (C=O) groups excluding carboxylic acids is 1. The van der Waals surface area contributed by atoms with E-state index in [1.807, 2.05) is 0 Å². The average molecular weight is 187 g/mol. The number of esters is 1. The highest BCUT2D eigenvalue weighted by Crippen LogP contribution is 1.96. The van der Waals surface area contributed by atoms with E-state index < -0.39 is 0 Å². The molecule has 4 N–H and O–H groups in total. The normalized spacial score (nSPS) is 9.31. The van der Waals surface area contributed by atoms with E-state index in [0.29, 0.717) is 19.6 Å². The third-order valence-electron chi connectivity index (χ3n) is 1.43. The number of ether oxygens (including phenoxy) is 1. The van der Waals surface area contributed by atoms with E-state index in [9.17, 15) is 4.79 Å². The van der Waals surface area contributed by atoms with Crippen molar-refractivity contribution in [3.05, 3.63) is 0 Å². The molecule has 0 aliphatic heterocycles. The molecule has 0 aliphatic rings. The van der Waals surface area contributed by atoms with E-state index in [2.05, 4.69) is 5.32 Å². The molecule has 0 aromatic heterocycles. The third-order valence-corrected chi connectivity index (χ3v) is 1.43. The Morgan fingerprint density at radius 2 is 2.23 bits per heavy atom. The molecule has 0 spiro atoms. The van der Waals surface area contributed by atoms with Gasteiger partial charge in [-0.15, -0.1) is 0 Å². The van der Waals surface area contributed by atoms with E-state index in [1.54, 1.807) is 6.92 Å². The Bertz CT molecular complexity index is 171. The topological polar surface area (TPSA) is 88.2 Å². The van der Waals surface area contributed by atoms with Gasteiger partial charge in [-0.3, -0.25) is 10.2 Å². The number of nitrogens with two attached hydrogens (primary N) is 1. The van der Waals surface area contributed by atoms with Gasteiger partial charge in [-0.1, -0.05) is 0 Å². The first-order valence-electron chi connectivity index (χ1n) is 4.40. The lowest BCUT2D eigenvalue weighted by molar-refractivity contribution is -0.143. The summed E-state index contributed by atoms with van der Waals surface area (Å²) in [5, 5.41) is 9.52. The van der Waals surface area contributed by atoms with Crippen LogP contribution in [-0.2, 0) is 9.53 Å². The number of carbonyl (C=O) groups is 1. The van der Waals surface area contributed by atoms with Gasteiger partial charge in [-0.05, 0) is 19.8 Å². The highest BCUT2D eigenvalue weighted by atomic mass is 16.5. The molecule has 5 nitrogen and oxygen atoms in total. The number of rotatable bonds is 6. The molecule has 0 saturated heterocycles. The van der Waals surface area contributed by atoms with Gasteiger partial charge < -0.3 is 15.8 Å². The maximum atomic E-state index is 10.8. The fourth-order valence-corrected chi connectivity index (χ4v) is 0.851. The zero-order valence-corrected chi connectivity index (χ0v) is 7.93. The molecule has 0 rings (SSSR count). The zero-order chi connectivity index (χ0) is 10.1. The van der Waals surface area contributed by atoms with Gasteiger partial charge in [0.1, 0.15) is 0 Å². The molecule has 5 heteroatoms. The summed E-state index contributed by atoms with van der Waals surface area (Å²) in [5.41, 5.74) is 5.06. The van der Waals surface area contributed by atoms with Crippen molar-refractivity contribution in [2.24, 2.45) is 5.73 Å². The molecule has 0 radical (unpaired) electrons. The third kappa shape index (κ3) is 8.65. The standard InChI is InChI=1S/C8H17N3O2/c1-2-13-7(12)5-3-4-6-11-8(9)10/h2-6H2,1H3,(H4,9,10,11). The Kier molecular flexibility index (Phi) is 6.68. The monoisotopic (exact) mass is 187 g/mol. The van der Waals surface area contributed by atoms with Crippen LogP contribution in [0.2, 0.25) is 0 Å². The summed E-state index contributed by atoms with van der Waals surface area (Å²) < 4.78 is 4.74. The van der Waals surface area contributed by atoms with Crippen LogP contribution in [0, 0.1) is 5.41 Å². The van der Waals surface area contributed by atoms with Gasteiger partial charge >= 0.3 is 5.97 Å². The molecule has 0 aromatic carbocycles. The second-order valence-corrected chi connectivity index (χ2v) is 2.60. The van der Waals surface area contributed by atoms with Crippen molar-refractivity contribution in [3.63, 3.8) is 0 Å². The number of hydrogen-bond donors (Lipinski definition) is 3. The molecular formula is C8H17N3O2. The molecule has 0 bridgehead atoms. The molecule has 76 valence electrons. The summed E-state index contributed by atoms with van der Waals surface area (Å²) >= 11 is 0. The smallest absolute Gasteiger partial charge is 0.305 e. The first kappa shape index (κ1) is 11.7. The molecule has 0 atom stereocenters. The van der Waals surface area contributed by atoms with Gasteiger partial charge in [0.15, 0.2) is 5.96 Å². The maximum Gasteiger partial charge on any atom is 0.305 e. The Morgan fingerprint density at radius 3 is 2.77 bits per heavy atom. The quantitative estimate of drug-likeness (QED) is 0.240. The Morgan fingerprint density at radius 1 is 1.54 bits per heavy atom. The van der Waals surface area contributed by atoms with Gasteiger partial charge in [0.2, 0.25) is 0 Å². The van der Waals surface area contributed by atoms with E-state index in [-0.39, 0.29) is 11.9 Å². The number of guanidine groups is 1. The van der Waals surface area contributed by atoms with E-state index in [4.69, 9.17) is 15.9 Å². The highest BCUT2D eigenvalue weighted by Gasteiger charge is 1.99. The molecule has 13 heavy (non-hydrogen) atoms. The molecule has 0 aliphatic carbocycles. The van der Waals surface area contributed by atoms with Crippen LogP contribution in [0.15, 0.2) is 0 Å². The van der Waals surface area contributed by atoms with Gasteiger partial charge in [0, 0.05) is 13.0 Å². The largest absolute Gasteiger partial charge is 0.466 e. The number of nitrogens with one attached hydrogen (secondary N) is 2. The molecule has 0 amide bonds. The fraction of sp³-hybridized carbons (Fsp3) is 0.750. The fourth-order valence-electron chi connectivity index (χ4n) is 0.851. The van der Waals surface area contributed by atoms with Crippen LogP contribution in [0.5, 0.6) is 0 Å². The van der Waals surface area contributed by atoms with Crippen molar-refractivity contribution in [1.29, 1.82) is 5.41 Å². The zero-order valence-electron chi connectivity index (χ0n) is 7.93.